The molecule has 0 saturated carbocycles. The maximum Gasteiger partial charge on any atom is 0.337 e. The zero-order chi connectivity index (χ0) is 44.1. The van der Waals surface area contributed by atoms with Crippen molar-refractivity contribution in [3.05, 3.63) is 95.0 Å². The van der Waals surface area contributed by atoms with Crippen molar-refractivity contribution in [3.63, 3.8) is 0 Å². The molecule has 0 fully saturated rings. The minimum absolute atomic E-state index is 0.00449. The first-order valence-corrected chi connectivity index (χ1v) is 20.7. The summed E-state index contributed by atoms with van der Waals surface area (Å²) in [5.41, 5.74) is 1.93. The van der Waals surface area contributed by atoms with E-state index < -0.39 is 114 Å². The number of halogens is 1. The summed E-state index contributed by atoms with van der Waals surface area (Å²) in [5.74, 6) is -4.84. The molecule has 0 aliphatic rings. The van der Waals surface area contributed by atoms with Crippen molar-refractivity contribution in [2.75, 3.05) is 5.73 Å². The van der Waals surface area contributed by atoms with E-state index in [1.54, 1.807) is 0 Å². The number of nitrogens with two attached hydrogens (primary N) is 1. The number of carboxylic acid groups (broad SMARTS) is 2. The number of aromatic hydroxyl groups is 2. The van der Waals surface area contributed by atoms with Gasteiger partial charge in [-0.2, -0.15) is 21.9 Å². The second kappa shape index (κ2) is 15.8. The Kier molecular flexibility index (Phi) is 11.3. The van der Waals surface area contributed by atoms with E-state index in [4.69, 9.17) is 17.3 Å². The highest BCUT2D eigenvalue weighted by molar-refractivity contribution is 8.19. The lowest BCUT2D eigenvalue weighted by molar-refractivity contribution is 0.0687. The molecule has 0 heterocycles. The number of carbonyl (C=O) groups is 2. The lowest BCUT2D eigenvalue weighted by atomic mass is 10.0. The van der Waals surface area contributed by atoms with Crippen LogP contribution in [0.1, 0.15) is 20.7 Å². The zero-order valence-electron chi connectivity index (χ0n) is 29.3. The van der Waals surface area contributed by atoms with Crippen molar-refractivity contribution >= 4 is 116 Å². The molecule has 60 heavy (non-hydrogen) atoms. The number of rotatable bonds is 11. The number of aromatic carboxylic acids is 2. The summed E-state index contributed by atoms with van der Waals surface area (Å²) in [6.07, 6.45) is 0. The van der Waals surface area contributed by atoms with Gasteiger partial charge in [-0.25, -0.2) is 9.59 Å². The van der Waals surface area contributed by atoms with Crippen LogP contribution in [0.15, 0.2) is 124 Å². The maximum atomic E-state index is 12.6. The molecule has 11 N–H and O–H groups in total. The molecular formula is C34H24ClN7O15S3. The first-order valence-electron chi connectivity index (χ1n) is 15.9. The van der Waals surface area contributed by atoms with Crippen molar-refractivity contribution in [1.82, 2.24) is 0 Å². The Bertz CT molecular complexity index is 3160. The van der Waals surface area contributed by atoms with Gasteiger partial charge in [0.1, 0.15) is 49.1 Å². The molecule has 26 heteroatoms. The van der Waals surface area contributed by atoms with E-state index in [1.165, 1.54) is 42.5 Å². The SMILES string of the molecule is Nc1c(N=Nc2ccc3c(O)c(N=Nc4ccccc4C(=O)O)c(S(=O)(=O)O)cc3c2)cc(S(=O)(=O)O)c2cc(S(O)(O)O)c(N=Nc3cc(Cl)ccc3C(=O)O)c(O)c12. The second-order valence-electron chi connectivity index (χ2n) is 12.1. The fourth-order valence-electron chi connectivity index (χ4n) is 5.63. The number of carboxylic acids is 2. The third-order valence-electron chi connectivity index (χ3n) is 8.32. The normalized spacial score (nSPS) is 13.0. The highest BCUT2D eigenvalue weighted by atomic mass is 35.5. The van der Waals surface area contributed by atoms with Gasteiger partial charge in [0.2, 0.25) is 0 Å². The zero-order valence-corrected chi connectivity index (χ0v) is 32.5. The van der Waals surface area contributed by atoms with Gasteiger partial charge in [-0.1, -0.05) is 23.7 Å². The van der Waals surface area contributed by atoms with Crippen LogP contribution in [0.25, 0.3) is 21.5 Å². The van der Waals surface area contributed by atoms with Crippen LogP contribution in [0, 0.1) is 0 Å². The van der Waals surface area contributed by atoms with Gasteiger partial charge in [-0.05, 0) is 72.1 Å². The minimum Gasteiger partial charge on any atom is -0.505 e. The number of nitrogens with zero attached hydrogens (tertiary/aromatic N) is 6. The van der Waals surface area contributed by atoms with E-state index in [9.17, 15) is 69.6 Å². The minimum atomic E-state index is -5.30. The fourth-order valence-corrected chi connectivity index (χ4v) is 7.83. The van der Waals surface area contributed by atoms with Crippen LogP contribution in [-0.4, -0.2) is 72.0 Å². The number of hydrogen-bond donors (Lipinski definition) is 10. The third-order valence-corrected chi connectivity index (χ3v) is 11.2. The lowest BCUT2D eigenvalue weighted by Crippen LogP contribution is -2.03. The molecule has 310 valence electrons. The molecule has 0 atom stereocenters. The Morgan fingerprint density at radius 3 is 1.77 bits per heavy atom. The van der Waals surface area contributed by atoms with E-state index >= 15 is 0 Å². The summed E-state index contributed by atoms with van der Waals surface area (Å²) in [6, 6.07) is 14.3. The molecule has 0 unspecified atom stereocenters. The maximum absolute atomic E-state index is 12.6. The molecule has 6 aromatic carbocycles. The predicted molar refractivity (Wildman–Crippen MR) is 213 cm³/mol. The van der Waals surface area contributed by atoms with E-state index in [-0.39, 0.29) is 32.7 Å². The number of azo groups is 3. The Morgan fingerprint density at radius 1 is 0.567 bits per heavy atom. The molecule has 0 spiro atoms. The Hall–Kier alpha value is -6.68. The van der Waals surface area contributed by atoms with Crippen molar-refractivity contribution in [1.29, 1.82) is 0 Å². The van der Waals surface area contributed by atoms with Crippen LogP contribution >= 0.6 is 22.5 Å². The van der Waals surface area contributed by atoms with Gasteiger partial charge < -0.3 is 39.8 Å². The number of benzene rings is 6. The monoisotopic (exact) mass is 901 g/mol. The van der Waals surface area contributed by atoms with Gasteiger partial charge in [0.05, 0.1) is 32.8 Å². The standard InChI is InChI=1S/C34H24ClN7O15S3/c35-15-5-7-19(34(47)48)22(11-15)39-42-30-26(60(55,56)57)12-20-24(58(49,50)51)13-23(28(36)27(20)32(30)44)40-37-16-6-8-17-14(9-16)10-25(59(52,53)54)29(31(17)43)41-38-21-4-2-1-3-18(21)33(45)46/h1-13,43-44,55-57H,36H2,(H,45,46)(H,47,48)(H,49,50,51)(H,52,53,54). The van der Waals surface area contributed by atoms with E-state index in [0.717, 1.165) is 24.3 Å². The smallest absolute Gasteiger partial charge is 0.337 e. The van der Waals surface area contributed by atoms with Crippen LogP contribution in [0.2, 0.25) is 5.02 Å². The van der Waals surface area contributed by atoms with Crippen LogP contribution in [-0.2, 0) is 20.2 Å². The van der Waals surface area contributed by atoms with Gasteiger partial charge >= 0.3 is 11.9 Å². The summed E-state index contributed by atoms with van der Waals surface area (Å²) in [6.45, 7) is 0. The largest absolute Gasteiger partial charge is 0.505 e. The molecule has 0 amide bonds. The number of phenolic OH excluding ortho intramolecular Hbond substituents is 2. The van der Waals surface area contributed by atoms with Crippen LogP contribution in [0.4, 0.5) is 39.8 Å². The summed E-state index contributed by atoms with van der Waals surface area (Å²) in [7, 11) is -15.3. The molecule has 0 bridgehead atoms. The van der Waals surface area contributed by atoms with E-state index in [1.807, 2.05) is 0 Å². The molecular weight excluding hydrogens is 878 g/mol. The molecule has 0 saturated heterocycles. The van der Waals surface area contributed by atoms with Gasteiger partial charge in [-0.3, -0.25) is 9.11 Å². The Labute approximate surface area is 342 Å². The molecule has 6 rings (SSSR count). The average molecular weight is 902 g/mol. The number of phenols is 2. The number of hydrogen-bond acceptors (Lipinski definition) is 18. The number of nitrogen functional groups attached to an aromatic ring is 1. The van der Waals surface area contributed by atoms with Crippen LogP contribution in [0.3, 0.4) is 0 Å². The van der Waals surface area contributed by atoms with Crippen molar-refractivity contribution < 1.29 is 69.6 Å². The average Bonchev–Trinajstić information content (AvgIpc) is 3.15. The molecule has 0 radical (unpaired) electrons. The predicted octanol–water partition coefficient (Wildman–Crippen LogP) is 9.36. The Balaban J connectivity index is 1.51. The molecule has 0 aromatic heterocycles. The van der Waals surface area contributed by atoms with E-state index in [2.05, 4.69) is 30.7 Å². The fraction of sp³-hybridized carbons (Fsp3) is 0. The van der Waals surface area contributed by atoms with Gasteiger partial charge in [0.15, 0.2) is 11.5 Å². The first-order chi connectivity index (χ1) is 28.0. The van der Waals surface area contributed by atoms with Gasteiger partial charge in [0.25, 0.3) is 20.2 Å². The first kappa shape index (κ1) is 42.9. The highest BCUT2D eigenvalue weighted by Gasteiger charge is 2.30. The quantitative estimate of drug-likeness (QED) is 0.0328. The summed E-state index contributed by atoms with van der Waals surface area (Å²) < 4.78 is 101. The molecule has 22 nitrogen and oxygen atoms in total. The summed E-state index contributed by atoms with van der Waals surface area (Å²) in [4.78, 5) is 20.3. The highest BCUT2D eigenvalue weighted by Crippen LogP contribution is 2.56. The number of anilines is 1. The van der Waals surface area contributed by atoms with Crippen molar-refractivity contribution in [2.24, 2.45) is 30.7 Å². The van der Waals surface area contributed by atoms with Crippen molar-refractivity contribution in [3.8, 4) is 11.5 Å². The van der Waals surface area contributed by atoms with Gasteiger partial charge in [-0.15, -0.1) is 25.6 Å². The number of fused-ring (bicyclic) bond motifs is 2. The Morgan fingerprint density at radius 2 is 1.15 bits per heavy atom. The van der Waals surface area contributed by atoms with Gasteiger partial charge in [0, 0.05) is 15.8 Å². The molecule has 0 aliphatic heterocycles. The molecule has 0 aliphatic carbocycles. The molecule has 6 aromatic rings. The second-order valence-corrected chi connectivity index (χ2v) is 16.8. The summed E-state index contributed by atoms with van der Waals surface area (Å²) in [5, 5.41) is 62.6. The van der Waals surface area contributed by atoms with Crippen molar-refractivity contribution in [2.45, 2.75) is 14.7 Å². The third kappa shape index (κ3) is 8.54. The lowest BCUT2D eigenvalue weighted by Gasteiger charge is -2.23. The van der Waals surface area contributed by atoms with Crippen LogP contribution in [0.5, 0.6) is 11.5 Å². The summed E-state index contributed by atoms with van der Waals surface area (Å²) >= 11 is 5.95. The van der Waals surface area contributed by atoms with E-state index in [0.29, 0.717) is 12.1 Å². The topological polar surface area (TPSA) is 385 Å². The van der Waals surface area contributed by atoms with Crippen LogP contribution < -0.4 is 5.73 Å².